The molecule has 1 N–H and O–H groups in total. The van der Waals surface area contributed by atoms with Gasteiger partial charge in [0.2, 0.25) is 0 Å². The van der Waals surface area contributed by atoms with Gasteiger partial charge in [0.25, 0.3) is 5.92 Å². The van der Waals surface area contributed by atoms with Crippen LogP contribution in [0.25, 0.3) is 0 Å². The van der Waals surface area contributed by atoms with Crippen LogP contribution < -0.4 is 5.32 Å². The summed E-state index contributed by atoms with van der Waals surface area (Å²) in [5, 5.41) is 2.68. The topological polar surface area (TPSA) is 12.0 Å². The Hall–Kier alpha value is -0.740. The Morgan fingerprint density at radius 3 is 2.56 bits per heavy atom. The van der Waals surface area contributed by atoms with E-state index in [4.69, 9.17) is 0 Å². The van der Waals surface area contributed by atoms with Crippen molar-refractivity contribution in [3.63, 3.8) is 0 Å². The van der Waals surface area contributed by atoms with Gasteiger partial charge in [0.05, 0.1) is 6.04 Å². The first kappa shape index (κ1) is 13.3. The van der Waals surface area contributed by atoms with Gasteiger partial charge in [-0.25, -0.2) is 13.2 Å². The maximum absolute atomic E-state index is 13.5. The molecule has 0 aromatic heterocycles. The highest BCUT2D eigenvalue weighted by molar-refractivity contribution is 5.85. The Balaban J connectivity index is 0.00000128. The molecular weight excluding hydrogens is 239 g/mol. The zero-order valence-corrected chi connectivity index (χ0v) is 9.37. The van der Waals surface area contributed by atoms with Crippen molar-refractivity contribution in [2.75, 3.05) is 6.54 Å². The summed E-state index contributed by atoms with van der Waals surface area (Å²) in [6, 6.07) is 4.51. The van der Waals surface area contributed by atoms with E-state index in [2.05, 4.69) is 5.32 Å². The van der Waals surface area contributed by atoms with Crippen molar-refractivity contribution in [3.8, 4) is 0 Å². The van der Waals surface area contributed by atoms with E-state index in [1.807, 2.05) is 0 Å². The predicted molar refractivity (Wildman–Crippen MR) is 58.6 cm³/mol. The first-order valence-corrected chi connectivity index (χ1v) is 4.97. The molecule has 1 aliphatic rings. The van der Waals surface area contributed by atoms with Gasteiger partial charge < -0.3 is 5.32 Å². The Bertz CT molecular complexity index is 357. The lowest BCUT2D eigenvalue weighted by atomic mass is 9.93. The molecule has 1 aromatic rings. The number of hydrogen-bond acceptors (Lipinski definition) is 1. The standard InChI is InChI=1S/C11H12F3N.ClH/c12-9-5-2-1-4-8(9)10-11(13,14)6-3-7-15-10;/h1-2,4-5,10,15H,3,6-7H2;1H. The predicted octanol–water partition coefficient (Wildman–Crippen LogP) is 3.31. The van der Waals surface area contributed by atoms with Gasteiger partial charge in [-0.05, 0) is 19.0 Å². The fraction of sp³-hybridized carbons (Fsp3) is 0.455. The van der Waals surface area contributed by atoms with Crippen LogP contribution in [0.1, 0.15) is 24.4 Å². The minimum atomic E-state index is -2.86. The maximum Gasteiger partial charge on any atom is 0.267 e. The molecule has 0 amide bonds. The third-order valence-electron chi connectivity index (χ3n) is 2.67. The third kappa shape index (κ3) is 2.50. The number of rotatable bonds is 1. The molecule has 0 aliphatic carbocycles. The molecule has 1 saturated heterocycles. The SMILES string of the molecule is Cl.Fc1ccccc1C1NCCCC1(F)F. The number of benzene rings is 1. The van der Waals surface area contributed by atoms with Crippen LogP contribution in [0.5, 0.6) is 0 Å². The summed E-state index contributed by atoms with van der Waals surface area (Å²) in [6.45, 7) is 0.509. The van der Waals surface area contributed by atoms with E-state index in [9.17, 15) is 13.2 Å². The van der Waals surface area contributed by atoms with Crippen LogP contribution >= 0.6 is 12.4 Å². The second-order valence-electron chi connectivity index (χ2n) is 3.77. The van der Waals surface area contributed by atoms with E-state index in [1.165, 1.54) is 18.2 Å². The van der Waals surface area contributed by atoms with E-state index in [1.54, 1.807) is 6.07 Å². The average molecular weight is 252 g/mol. The van der Waals surface area contributed by atoms with Crippen LogP contribution in [0.15, 0.2) is 24.3 Å². The summed E-state index contributed by atoms with van der Waals surface area (Å²) in [6.07, 6.45) is 0.247. The van der Waals surface area contributed by atoms with E-state index in [0.29, 0.717) is 13.0 Å². The third-order valence-corrected chi connectivity index (χ3v) is 2.67. The Morgan fingerprint density at radius 2 is 1.94 bits per heavy atom. The Morgan fingerprint density at radius 1 is 1.25 bits per heavy atom. The van der Waals surface area contributed by atoms with Gasteiger partial charge in [-0.15, -0.1) is 12.4 Å². The van der Waals surface area contributed by atoms with Gasteiger partial charge in [-0.2, -0.15) is 0 Å². The number of nitrogens with one attached hydrogen (secondary N) is 1. The number of alkyl halides is 2. The van der Waals surface area contributed by atoms with Gasteiger partial charge in [-0.3, -0.25) is 0 Å². The smallest absolute Gasteiger partial charge is 0.267 e. The van der Waals surface area contributed by atoms with Crippen LogP contribution in [-0.2, 0) is 0 Å². The van der Waals surface area contributed by atoms with E-state index in [0.717, 1.165) is 0 Å². The first-order chi connectivity index (χ1) is 7.11. The lowest BCUT2D eigenvalue weighted by Crippen LogP contribution is -2.42. The van der Waals surface area contributed by atoms with Gasteiger partial charge in [0.15, 0.2) is 0 Å². The van der Waals surface area contributed by atoms with Crippen molar-refractivity contribution in [2.45, 2.75) is 24.8 Å². The van der Waals surface area contributed by atoms with Crippen LogP contribution in [0.4, 0.5) is 13.2 Å². The molecule has 1 aliphatic heterocycles. The monoisotopic (exact) mass is 251 g/mol. The minimum Gasteiger partial charge on any atom is -0.305 e. The Kier molecular flexibility index (Phi) is 4.21. The van der Waals surface area contributed by atoms with E-state index >= 15 is 0 Å². The molecule has 1 aromatic carbocycles. The molecule has 1 nitrogen and oxygen atoms in total. The normalized spacial score (nSPS) is 23.6. The summed E-state index contributed by atoms with van der Waals surface area (Å²) in [5.41, 5.74) is 0.0576. The highest BCUT2D eigenvalue weighted by Crippen LogP contribution is 2.38. The molecule has 1 heterocycles. The molecule has 1 atom stereocenters. The van der Waals surface area contributed by atoms with Gasteiger partial charge in [0, 0.05) is 12.0 Å². The second kappa shape index (κ2) is 5.06. The van der Waals surface area contributed by atoms with Crippen molar-refractivity contribution in [1.82, 2.24) is 5.32 Å². The highest BCUT2D eigenvalue weighted by Gasteiger charge is 2.43. The first-order valence-electron chi connectivity index (χ1n) is 4.97. The molecule has 90 valence electrons. The van der Waals surface area contributed by atoms with Crippen LogP contribution in [0.3, 0.4) is 0 Å². The second-order valence-corrected chi connectivity index (χ2v) is 3.77. The molecule has 1 unspecified atom stereocenters. The molecule has 5 heteroatoms. The van der Waals surface area contributed by atoms with E-state index < -0.39 is 17.8 Å². The minimum absolute atomic E-state index is 0. The van der Waals surface area contributed by atoms with Crippen LogP contribution in [-0.4, -0.2) is 12.5 Å². The zero-order chi connectivity index (χ0) is 10.9. The van der Waals surface area contributed by atoms with Crippen molar-refractivity contribution in [3.05, 3.63) is 35.6 Å². The van der Waals surface area contributed by atoms with Crippen molar-refractivity contribution in [2.24, 2.45) is 0 Å². The Labute approximate surface area is 98.4 Å². The average Bonchev–Trinajstić information content (AvgIpc) is 2.19. The summed E-state index contributed by atoms with van der Waals surface area (Å²) in [7, 11) is 0. The fourth-order valence-electron chi connectivity index (χ4n) is 1.91. The van der Waals surface area contributed by atoms with Gasteiger partial charge in [-0.1, -0.05) is 18.2 Å². The summed E-state index contributed by atoms with van der Waals surface area (Å²) in [4.78, 5) is 0. The maximum atomic E-state index is 13.5. The molecule has 1 fully saturated rings. The molecule has 0 radical (unpaired) electrons. The summed E-state index contributed by atoms with van der Waals surface area (Å²) < 4.78 is 40.4. The number of hydrogen-bond donors (Lipinski definition) is 1. The summed E-state index contributed by atoms with van der Waals surface area (Å²) >= 11 is 0. The quantitative estimate of drug-likeness (QED) is 0.808. The summed E-state index contributed by atoms with van der Waals surface area (Å²) in [5.74, 6) is -3.43. The van der Waals surface area contributed by atoms with Crippen molar-refractivity contribution in [1.29, 1.82) is 0 Å². The van der Waals surface area contributed by atoms with Crippen LogP contribution in [0.2, 0.25) is 0 Å². The number of halogens is 4. The zero-order valence-electron chi connectivity index (χ0n) is 8.55. The molecule has 0 spiro atoms. The van der Waals surface area contributed by atoms with E-state index in [-0.39, 0.29) is 24.4 Å². The number of piperidine rings is 1. The lowest BCUT2D eigenvalue weighted by Gasteiger charge is -2.32. The molecule has 0 bridgehead atoms. The fourth-order valence-corrected chi connectivity index (χ4v) is 1.91. The van der Waals surface area contributed by atoms with Crippen LogP contribution in [0, 0.1) is 5.82 Å². The molecule has 16 heavy (non-hydrogen) atoms. The molecule has 2 rings (SSSR count). The highest BCUT2D eigenvalue weighted by atomic mass is 35.5. The lowest BCUT2D eigenvalue weighted by molar-refractivity contribution is -0.0629. The molecular formula is C11H13ClF3N. The van der Waals surface area contributed by atoms with Gasteiger partial charge >= 0.3 is 0 Å². The van der Waals surface area contributed by atoms with Crippen molar-refractivity contribution >= 4 is 12.4 Å². The molecule has 0 saturated carbocycles. The largest absolute Gasteiger partial charge is 0.305 e. The van der Waals surface area contributed by atoms with Gasteiger partial charge in [0.1, 0.15) is 5.82 Å². The van der Waals surface area contributed by atoms with Crippen molar-refractivity contribution < 1.29 is 13.2 Å².